The van der Waals surface area contributed by atoms with Gasteiger partial charge in [-0.25, -0.2) is 0 Å². The van der Waals surface area contributed by atoms with Crippen LogP contribution in [-0.4, -0.2) is 118 Å². The molecule has 5 fully saturated rings. The third-order valence-corrected chi connectivity index (χ3v) is 12.2. The number of nitrogens with one attached hydrogen (secondary N) is 1. The third kappa shape index (κ3) is 8.37. The molecule has 0 radical (unpaired) electrons. The smallest absolute Gasteiger partial charge is 0.327 e. The van der Waals surface area contributed by atoms with Gasteiger partial charge in [0.2, 0.25) is 17.6 Å². The predicted octanol–water partition coefficient (Wildman–Crippen LogP) is 3.74. The lowest BCUT2D eigenvalue weighted by Gasteiger charge is -2.50. The van der Waals surface area contributed by atoms with Gasteiger partial charge in [0.05, 0.1) is 32.1 Å². The van der Waals surface area contributed by atoms with Crippen LogP contribution in [0.4, 0.5) is 0 Å². The van der Waals surface area contributed by atoms with Crippen LogP contribution < -0.4 is 5.32 Å². The zero-order valence-electron chi connectivity index (χ0n) is 35.2. The molecule has 3 N–H and O–H groups in total. The minimum Gasteiger partial charge on any atom is -0.499 e. The molecule has 4 aliphatic heterocycles. The molecular weight excluding hydrogens is 799 g/mol. The molecule has 4 heterocycles. The van der Waals surface area contributed by atoms with Crippen LogP contribution in [0.15, 0.2) is 91.2 Å². The van der Waals surface area contributed by atoms with E-state index in [1.165, 1.54) is 16.2 Å². The molecule has 5 aliphatic rings. The van der Waals surface area contributed by atoms with Crippen LogP contribution in [-0.2, 0) is 60.0 Å². The average Bonchev–Trinajstić information content (AvgIpc) is 4.00. The van der Waals surface area contributed by atoms with Gasteiger partial charge in [0.25, 0.3) is 0 Å². The first-order valence-electron chi connectivity index (χ1n) is 21.4. The van der Waals surface area contributed by atoms with Gasteiger partial charge in [-0.05, 0) is 57.2 Å². The molecule has 3 aromatic rings. The number of benzene rings is 3. The molecule has 0 aromatic heterocycles. The molecule has 2 bridgehead atoms. The number of ether oxygens (including phenoxy) is 5. The summed E-state index contributed by atoms with van der Waals surface area (Å²) in [6.07, 6.45) is 0.638. The van der Waals surface area contributed by atoms with Gasteiger partial charge >= 0.3 is 11.9 Å². The number of carbonyl (C=O) groups excluding carboxylic acids is 4. The molecular formula is C47H55N3O12. The summed E-state index contributed by atoms with van der Waals surface area (Å²) in [4.78, 5) is 65.2. The van der Waals surface area contributed by atoms with Gasteiger partial charge in [-0.3, -0.25) is 24.0 Å². The van der Waals surface area contributed by atoms with Gasteiger partial charge in [-0.15, -0.1) is 0 Å². The fourth-order valence-electron chi connectivity index (χ4n) is 9.63. The Bertz CT molecular complexity index is 2090. The van der Waals surface area contributed by atoms with Crippen molar-refractivity contribution in [3.8, 4) is 0 Å². The van der Waals surface area contributed by atoms with Crippen LogP contribution in [0.1, 0.15) is 75.1 Å². The normalized spacial score (nSPS) is 28.0. The van der Waals surface area contributed by atoms with Gasteiger partial charge in [0, 0.05) is 30.5 Å². The Balaban J connectivity index is 1.13. The van der Waals surface area contributed by atoms with E-state index in [2.05, 4.69) is 5.32 Å². The van der Waals surface area contributed by atoms with Crippen molar-refractivity contribution in [2.45, 2.75) is 113 Å². The minimum atomic E-state index is -1.56. The maximum absolute atomic E-state index is 15.7. The van der Waals surface area contributed by atoms with E-state index in [0.29, 0.717) is 24.0 Å². The highest BCUT2D eigenvalue weighted by atomic mass is 16.8. The number of nitrogens with zero attached hydrogens (tertiary/aromatic N) is 2. The molecule has 8 rings (SSSR count). The number of fused-ring (bicyclic) bond motifs is 4. The van der Waals surface area contributed by atoms with E-state index in [-0.39, 0.29) is 45.6 Å². The zero-order valence-corrected chi connectivity index (χ0v) is 35.2. The summed E-state index contributed by atoms with van der Waals surface area (Å²) in [7, 11) is 0. The highest BCUT2D eigenvalue weighted by Gasteiger charge is 2.77. The molecule has 4 saturated heterocycles. The maximum atomic E-state index is 15.7. The summed E-state index contributed by atoms with van der Waals surface area (Å²) < 4.78 is 31.1. The molecule has 0 spiro atoms. The third-order valence-electron chi connectivity index (χ3n) is 12.2. The number of hydrogen-bond donors (Lipinski definition) is 3. The number of carbonyl (C=O) groups is 4. The molecule has 62 heavy (non-hydrogen) atoms. The zero-order chi connectivity index (χ0) is 43.6. The van der Waals surface area contributed by atoms with Crippen molar-refractivity contribution in [2.75, 3.05) is 26.4 Å². The molecule has 1 saturated carbocycles. The number of rotatable bonds is 15. The van der Waals surface area contributed by atoms with E-state index in [0.717, 1.165) is 11.1 Å². The molecule has 1 aliphatic carbocycles. The van der Waals surface area contributed by atoms with Crippen molar-refractivity contribution in [2.24, 2.45) is 5.41 Å². The van der Waals surface area contributed by atoms with Crippen molar-refractivity contribution >= 4 is 29.8 Å². The highest BCUT2D eigenvalue weighted by Crippen LogP contribution is 2.60. The Morgan fingerprint density at radius 2 is 1.68 bits per heavy atom. The molecule has 15 nitrogen and oxygen atoms in total. The Kier molecular flexibility index (Phi) is 12.6. The number of aliphatic hydroxyl groups excluding tert-OH is 2. The Morgan fingerprint density at radius 1 is 0.968 bits per heavy atom. The van der Waals surface area contributed by atoms with Crippen molar-refractivity contribution in [3.05, 3.63) is 113 Å². The Morgan fingerprint density at radius 3 is 2.35 bits per heavy atom. The molecule has 8 unspecified atom stereocenters. The fourth-order valence-corrected chi connectivity index (χ4v) is 9.63. The first kappa shape index (κ1) is 43.5. The predicted molar refractivity (Wildman–Crippen MR) is 222 cm³/mol. The molecule has 2 amide bonds. The van der Waals surface area contributed by atoms with Crippen LogP contribution in [0.25, 0.3) is 6.08 Å². The quantitative estimate of drug-likeness (QED) is 0.114. The van der Waals surface area contributed by atoms with Crippen LogP contribution in [0.3, 0.4) is 0 Å². The summed E-state index contributed by atoms with van der Waals surface area (Å²) in [5, 5.41) is 23.7. The summed E-state index contributed by atoms with van der Waals surface area (Å²) in [5.41, 5.74) is 0.757. The van der Waals surface area contributed by atoms with Crippen molar-refractivity contribution in [3.63, 3.8) is 0 Å². The largest absolute Gasteiger partial charge is 0.499 e. The Labute approximate surface area is 360 Å². The molecule has 3 aromatic carbocycles. The standard InChI is InChI=1S/C47H55N3O12/c1-45(2,3)59-37(53)20-19-34(29-52)48-42(54)35-18-11-22-49(35)44(56)46-27-36-38-39(61-47(60-38,32-14-6-4-7-15-32)33-16-8-5-9-17-33)41(46)62-50(40(46)43(55)58-36)28-31-13-10-12-30(26-31)21-24-57-25-23-51/h4-10,12-17,21,24,26,34-36,38-41,51-52H,11,18-20,22-23,25,27-29H2,1-3H3,(H,48,54). The fraction of sp³-hybridized carbons (Fsp3) is 0.489. The lowest BCUT2D eigenvalue weighted by atomic mass is 9.62. The van der Waals surface area contributed by atoms with E-state index in [4.69, 9.17) is 33.6 Å². The van der Waals surface area contributed by atoms with Crippen molar-refractivity contribution in [1.82, 2.24) is 15.3 Å². The summed E-state index contributed by atoms with van der Waals surface area (Å²) in [5.74, 6) is -3.43. The Hall–Kier alpha value is -5.16. The second kappa shape index (κ2) is 17.9. The van der Waals surface area contributed by atoms with E-state index in [1.807, 2.05) is 84.9 Å². The number of amides is 2. The number of aliphatic hydroxyl groups is 2. The lowest BCUT2D eigenvalue weighted by molar-refractivity contribution is -0.214. The van der Waals surface area contributed by atoms with Crippen LogP contribution in [0.5, 0.6) is 0 Å². The SMILES string of the molecule is CC(C)(C)OC(=O)CCC(CO)NC(=O)C1CCCN1C(=O)C12CC3OC(=O)C1N(Cc1cccc(C=COCCO)c1)OC2C1OC(c2ccccc2)(c2ccccc2)OC31. The molecule has 330 valence electrons. The van der Waals surface area contributed by atoms with Crippen LogP contribution in [0.2, 0.25) is 0 Å². The van der Waals surface area contributed by atoms with E-state index in [9.17, 15) is 19.5 Å². The van der Waals surface area contributed by atoms with Crippen molar-refractivity contribution in [1.29, 1.82) is 0 Å². The maximum Gasteiger partial charge on any atom is 0.327 e. The summed E-state index contributed by atoms with van der Waals surface area (Å²) in [6.45, 7) is 5.25. The van der Waals surface area contributed by atoms with Gasteiger partial charge in [0.15, 0.2) is 6.04 Å². The topological polar surface area (TPSA) is 183 Å². The molecule has 8 atom stereocenters. The summed E-state index contributed by atoms with van der Waals surface area (Å²) >= 11 is 0. The first-order valence-corrected chi connectivity index (χ1v) is 21.4. The lowest BCUT2D eigenvalue weighted by Crippen LogP contribution is -2.70. The number of esters is 2. The van der Waals surface area contributed by atoms with E-state index in [1.54, 1.807) is 26.8 Å². The van der Waals surface area contributed by atoms with Gasteiger partial charge < -0.3 is 44.1 Å². The average molecular weight is 854 g/mol. The second-order valence-electron chi connectivity index (χ2n) is 17.5. The monoisotopic (exact) mass is 853 g/mol. The second-order valence-corrected chi connectivity index (χ2v) is 17.5. The van der Waals surface area contributed by atoms with Gasteiger partial charge in [-0.1, -0.05) is 84.9 Å². The highest BCUT2D eigenvalue weighted by molar-refractivity contribution is 5.96. The molecule has 15 heteroatoms. The van der Waals surface area contributed by atoms with Gasteiger partial charge in [0.1, 0.15) is 48.1 Å². The number of hydrogen-bond acceptors (Lipinski definition) is 13. The van der Waals surface area contributed by atoms with E-state index >= 15 is 4.79 Å². The number of likely N-dealkylation sites (tertiary alicyclic amines) is 1. The van der Waals surface area contributed by atoms with E-state index < -0.39 is 89.7 Å². The summed E-state index contributed by atoms with van der Waals surface area (Å²) in [6, 6.07) is 23.6. The van der Waals surface area contributed by atoms with Crippen LogP contribution in [0, 0.1) is 5.41 Å². The van der Waals surface area contributed by atoms with Gasteiger partial charge in [-0.2, -0.15) is 5.06 Å². The van der Waals surface area contributed by atoms with Crippen LogP contribution >= 0.6 is 0 Å². The van der Waals surface area contributed by atoms with Crippen molar-refractivity contribution < 1.29 is 57.9 Å². The first-order chi connectivity index (χ1) is 29.9. The minimum absolute atomic E-state index is 0.0198. The number of hydroxylamine groups is 2.